The molecule has 0 amide bonds. The average Bonchev–Trinajstić information content (AvgIpc) is 2.37. The molecule has 0 aromatic heterocycles. The van der Waals surface area contributed by atoms with Gasteiger partial charge >= 0.3 is 12.1 Å². The van der Waals surface area contributed by atoms with Gasteiger partial charge in [-0.2, -0.15) is 13.2 Å². The van der Waals surface area contributed by atoms with Gasteiger partial charge in [-0.25, -0.2) is 8.93 Å². The van der Waals surface area contributed by atoms with E-state index in [1.807, 2.05) is 6.92 Å². The van der Waals surface area contributed by atoms with Crippen LogP contribution in [0, 0.1) is 11.8 Å². The maximum Gasteiger partial charge on any atom is 0.405 e. The second kappa shape index (κ2) is 8.84. The Morgan fingerprint density at radius 1 is 1.12 bits per heavy atom. The number of hydrogen-bond donors (Lipinski definition) is 1. The molecule has 0 aromatic rings. The fourth-order valence-corrected chi connectivity index (χ4v) is 2.90. The standard InChI is InChI=1S/C17H32F3NO3S/c1-9-11(2)10-12(14(22)24-15(3,4)5)13(17(18,19)20)21-25(23)16(6,7)8/h11-13,21H,9-10H2,1-8H3/t11?,12-,13-,25-/m1/s1. The molecule has 0 fully saturated rings. The van der Waals surface area contributed by atoms with Crippen molar-refractivity contribution in [3.8, 4) is 0 Å². The van der Waals surface area contributed by atoms with E-state index in [0.29, 0.717) is 6.42 Å². The van der Waals surface area contributed by atoms with Gasteiger partial charge in [-0.3, -0.25) is 4.79 Å². The Balaban J connectivity index is 5.75. The van der Waals surface area contributed by atoms with E-state index in [1.54, 1.807) is 48.5 Å². The van der Waals surface area contributed by atoms with Crippen molar-refractivity contribution in [3.05, 3.63) is 0 Å². The molecule has 0 aliphatic heterocycles. The molecule has 0 saturated carbocycles. The van der Waals surface area contributed by atoms with E-state index in [9.17, 15) is 22.2 Å². The van der Waals surface area contributed by atoms with Gasteiger partial charge in [-0.15, -0.1) is 0 Å². The quantitative estimate of drug-likeness (QED) is 0.660. The highest BCUT2D eigenvalue weighted by Gasteiger charge is 2.50. The Hall–Kier alpha value is -0.630. The summed E-state index contributed by atoms with van der Waals surface area (Å²) in [6, 6.07) is -2.23. The summed E-state index contributed by atoms with van der Waals surface area (Å²) in [4.78, 5) is 12.5. The van der Waals surface area contributed by atoms with Crippen molar-refractivity contribution in [1.29, 1.82) is 0 Å². The molecule has 150 valence electrons. The maximum absolute atomic E-state index is 13.7. The number of rotatable bonds is 7. The predicted octanol–water partition coefficient (Wildman–Crippen LogP) is 4.36. The molecule has 4 nitrogen and oxygen atoms in total. The first-order valence-corrected chi connectivity index (χ1v) is 9.61. The van der Waals surface area contributed by atoms with Crippen molar-refractivity contribution in [3.63, 3.8) is 0 Å². The van der Waals surface area contributed by atoms with Gasteiger partial charge in [-0.05, 0) is 53.9 Å². The van der Waals surface area contributed by atoms with Crippen LogP contribution in [0.25, 0.3) is 0 Å². The first kappa shape index (κ1) is 24.4. The van der Waals surface area contributed by atoms with Crippen molar-refractivity contribution in [2.24, 2.45) is 11.8 Å². The van der Waals surface area contributed by atoms with Crippen LogP contribution in [0.3, 0.4) is 0 Å². The molecule has 0 rings (SSSR count). The number of ether oxygens (including phenoxy) is 1. The number of hydrogen-bond acceptors (Lipinski definition) is 3. The Bertz CT molecular complexity index is 467. The first-order chi connectivity index (χ1) is 11.0. The number of carbonyl (C=O) groups is 1. The third kappa shape index (κ3) is 9.03. The molecule has 0 spiro atoms. The topological polar surface area (TPSA) is 55.4 Å². The van der Waals surface area contributed by atoms with Gasteiger partial charge in [0.25, 0.3) is 0 Å². The minimum absolute atomic E-state index is 0.00390. The first-order valence-electron chi connectivity index (χ1n) is 8.46. The number of carbonyl (C=O) groups excluding carboxylic acids is 1. The van der Waals surface area contributed by atoms with Crippen LogP contribution in [-0.4, -0.2) is 32.7 Å². The van der Waals surface area contributed by atoms with Gasteiger partial charge in [0, 0.05) is 0 Å². The van der Waals surface area contributed by atoms with Gasteiger partial charge in [0.2, 0.25) is 0 Å². The SMILES string of the molecule is CCC(C)C[C@@H](C(=O)OC(C)(C)C)[C@@H](N[S@](=O)C(C)(C)C)C(F)(F)F. The molecule has 0 aromatic carbocycles. The second-order valence-corrected chi connectivity index (χ2v) is 10.4. The summed E-state index contributed by atoms with van der Waals surface area (Å²) in [5.74, 6) is -2.48. The fraction of sp³-hybridized carbons (Fsp3) is 0.941. The molecule has 1 N–H and O–H groups in total. The molecule has 25 heavy (non-hydrogen) atoms. The summed E-state index contributed by atoms with van der Waals surface area (Å²) in [7, 11) is -1.97. The molecule has 1 unspecified atom stereocenters. The number of halogens is 3. The van der Waals surface area contributed by atoms with E-state index < -0.39 is 45.4 Å². The molecule has 0 aliphatic carbocycles. The predicted molar refractivity (Wildman–Crippen MR) is 94.3 cm³/mol. The van der Waals surface area contributed by atoms with Crippen LogP contribution in [0.15, 0.2) is 0 Å². The van der Waals surface area contributed by atoms with Gasteiger partial charge < -0.3 is 4.74 Å². The highest BCUT2D eigenvalue weighted by atomic mass is 32.2. The van der Waals surface area contributed by atoms with Crippen molar-refractivity contribution in [2.45, 2.75) is 90.8 Å². The number of esters is 1. The minimum Gasteiger partial charge on any atom is -0.460 e. The van der Waals surface area contributed by atoms with Crippen LogP contribution in [-0.2, 0) is 20.5 Å². The molecule has 0 radical (unpaired) electrons. The summed E-state index contributed by atoms with van der Waals surface area (Å²) in [5, 5.41) is 0. The lowest BCUT2D eigenvalue weighted by atomic mass is 9.88. The third-order valence-electron chi connectivity index (χ3n) is 3.61. The second-order valence-electron chi connectivity index (χ2n) is 8.41. The fourth-order valence-electron chi connectivity index (χ4n) is 2.02. The van der Waals surface area contributed by atoms with Crippen LogP contribution < -0.4 is 4.72 Å². The molecular weight excluding hydrogens is 355 g/mol. The van der Waals surface area contributed by atoms with Crippen molar-refractivity contribution >= 4 is 17.0 Å². The average molecular weight is 388 g/mol. The normalized spacial score (nSPS) is 18.4. The van der Waals surface area contributed by atoms with Crippen LogP contribution in [0.2, 0.25) is 0 Å². The van der Waals surface area contributed by atoms with Crippen molar-refractivity contribution in [1.82, 2.24) is 4.72 Å². The van der Waals surface area contributed by atoms with E-state index in [2.05, 4.69) is 4.72 Å². The van der Waals surface area contributed by atoms with E-state index in [-0.39, 0.29) is 12.3 Å². The van der Waals surface area contributed by atoms with Crippen LogP contribution in [0.5, 0.6) is 0 Å². The molecule has 4 atom stereocenters. The number of nitrogens with one attached hydrogen (secondary N) is 1. The molecule has 8 heteroatoms. The lowest BCUT2D eigenvalue weighted by Crippen LogP contribution is -2.54. The monoisotopic (exact) mass is 387 g/mol. The number of alkyl halides is 3. The molecule has 0 heterocycles. The van der Waals surface area contributed by atoms with E-state index in [0.717, 1.165) is 0 Å². The van der Waals surface area contributed by atoms with Gasteiger partial charge in [0.15, 0.2) is 0 Å². The van der Waals surface area contributed by atoms with E-state index in [1.165, 1.54) is 0 Å². The van der Waals surface area contributed by atoms with Crippen LogP contribution in [0.4, 0.5) is 13.2 Å². The molecule has 0 bridgehead atoms. The van der Waals surface area contributed by atoms with E-state index in [4.69, 9.17) is 4.74 Å². The van der Waals surface area contributed by atoms with Gasteiger partial charge in [0.05, 0.1) is 21.7 Å². The smallest absolute Gasteiger partial charge is 0.405 e. The Morgan fingerprint density at radius 2 is 1.60 bits per heavy atom. The Morgan fingerprint density at radius 3 is 1.92 bits per heavy atom. The summed E-state index contributed by atoms with van der Waals surface area (Å²) in [5.41, 5.74) is -0.899. The summed E-state index contributed by atoms with van der Waals surface area (Å²) in [6.07, 6.45) is -4.09. The van der Waals surface area contributed by atoms with Crippen LogP contribution >= 0.6 is 0 Å². The van der Waals surface area contributed by atoms with Crippen LogP contribution in [0.1, 0.15) is 68.2 Å². The van der Waals surface area contributed by atoms with Gasteiger partial charge in [-0.1, -0.05) is 20.3 Å². The largest absolute Gasteiger partial charge is 0.460 e. The summed E-state index contributed by atoms with van der Waals surface area (Å²) in [6.45, 7) is 13.2. The zero-order chi connectivity index (χ0) is 20.2. The highest BCUT2D eigenvalue weighted by molar-refractivity contribution is 7.84. The Labute approximate surface area is 151 Å². The zero-order valence-corrected chi connectivity index (χ0v) is 17.2. The zero-order valence-electron chi connectivity index (χ0n) is 16.4. The maximum atomic E-state index is 13.7. The molecule has 0 saturated heterocycles. The summed E-state index contributed by atoms with van der Waals surface area (Å²) < 4.78 is 59.7. The Kier molecular flexibility index (Phi) is 8.62. The van der Waals surface area contributed by atoms with Crippen molar-refractivity contribution < 1.29 is 26.9 Å². The van der Waals surface area contributed by atoms with Crippen molar-refractivity contribution in [2.75, 3.05) is 0 Å². The molecule has 0 aliphatic rings. The minimum atomic E-state index is -4.73. The lowest BCUT2D eigenvalue weighted by molar-refractivity contribution is -0.186. The summed E-state index contributed by atoms with van der Waals surface area (Å²) >= 11 is 0. The van der Waals surface area contributed by atoms with E-state index >= 15 is 0 Å². The lowest BCUT2D eigenvalue weighted by Gasteiger charge is -2.33. The molecular formula is C17H32F3NO3S. The highest BCUT2D eigenvalue weighted by Crippen LogP contribution is 2.33. The van der Waals surface area contributed by atoms with Gasteiger partial charge in [0.1, 0.15) is 11.6 Å². The third-order valence-corrected chi connectivity index (χ3v) is 5.19.